The summed E-state index contributed by atoms with van der Waals surface area (Å²) >= 11 is 0. The van der Waals surface area contributed by atoms with Gasteiger partial charge in [-0.25, -0.2) is 0 Å². The summed E-state index contributed by atoms with van der Waals surface area (Å²) in [5.41, 5.74) is 3.61. The Labute approximate surface area is 154 Å². The van der Waals surface area contributed by atoms with Gasteiger partial charge in [-0.3, -0.25) is 9.69 Å². The van der Waals surface area contributed by atoms with Crippen LogP contribution < -0.4 is 0 Å². The lowest BCUT2D eigenvalue weighted by atomic mass is 10.1. The highest BCUT2D eigenvalue weighted by Crippen LogP contribution is 2.14. The lowest BCUT2D eigenvalue weighted by Crippen LogP contribution is -2.48. The molecule has 0 bridgehead atoms. The summed E-state index contributed by atoms with van der Waals surface area (Å²) in [6, 6.07) is 17.5. The average molecular weight is 349 g/mol. The molecule has 134 valence electrons. The number of benzene rings is 2. The van der Waals surface area contributed by atoms with Crippen molar-refractivity contribution in [2.45, 2.75) is 13.2 Å². The fraction of sp³-hybridized carbons (Fsp3) is 0.333. The molecule has 0 atom stereocenters. The molecule has 5 heteroatoms. The molecule has 0 saturated carbocycles. The highest BCUT2D eigenvalue weighted by Gasteiger charge is 2.22. The number of carbonyl (C=O) groups excluding carboxylic acids is 1. The molecule has 1 heterocycles. The lowest BCUT2D eigenvalue weighted by Gasteiger charge is -2.34. The smallest absolute Gasteiger partial charge is 0.253 e. The zero-order valence-corrected chi connectivity index (χ0v) is 15.0. The van der Waals surface area contributed by atoms with Crippen molar-refractivity contribution in [2.75, 3.05) is 33.3 Å². The minimum Gasteiger partial charge on any atom is -0.380 e. The number of nitrogens with zero attached hydrogens (tertiary/aromatic N) is 3. The van der Waals surface area contributed by atoms with Crippen molar-refractivity contribution in [1.29, 1.82) is 5.26 Å². The van der Waals surface area contributed by atoms with Gasteiger partial charge >= 0.3 is 0 Å². The molecule has 0 aromatic heterocycles. The van der Waals surface area contributed by atoms with Crippen LogP contribution in [0.25, 0.3) is 0 Å². The number of piperazine rings is 1. The van der Waals surface area contributed by atoms with Gasteiger partial charge in [-0.15, -0.1) is 0 Å². The van der Waals surface area contributed by atoms with Crippen molar-refractivity contribution in [3.8, 4) is 6.07 Å². The minimum absolute atomic E-state index is 0.0842. The van der Waals surface area contributed by atoms with Crippen molar-refractivity contribution in [1.82, 2.24) is 9.80 Å². The Balaban J connectivity index is 1.55. The molecular formula is C21H23N3O2. The summed E-state index contributed by atoms with van der Waals surface area (Å²) in [5.74, 6) is 0.0842. The topological polar surface area (TPSA) is 56.6 Å². The number of ether oxygens (including phenoxy) is 1. The highest BCUT2D eigenvalue weighted by molar-refractivity contribution is 5.94. The van der Waals surface area contributed by atoms with E-state index >= 15 is 0 Å². The standard InChI is InChI=1S/C21H23N3O2/c1-26-16-19-3-2-4-20(13-19)21(25)24-11-9-23(10-12-24)15-18-7-5-17(14-22)6-8-18/h2-8,13H,9-12,15-16H2,1H3. The van der Waals surface area contributed by atoms with Gasteiger partial charge in [0, 0.05) is 45.4 Å². The summed E-state index contributed by atoms with van der Waals surface area (Å²) in [6.45, 7) is 4.51. The van der Waals surface area contributed by atoms with E-state index < -0.39 is 0 Å². The number of carbonyl (C=O) groups is 1. The van der Waals surface area contributed by atoms with Crippen LogP contribution >= 0.6 is 0 Å². The van der Waals surface area contributed by atoms with Gasteiger partial charge in [-0.1, -0.05) is 24.3 Å². The van der Waals surface area contributed by atoms with Gasteiger partial charge in [0.15, 0.2) is 0 Å². The fourth-order valence-electron chi connectivity index (χ4n) is 3.20. The second kappa shape index (κ2) is 8.61. The van der Waals surface area contributed by atoms with Crippen LogP contribution in [0.3, 0.4) is 0 Å². The highest BCUT2D eigenvalue weighted by atomic mass is 16.5. The summed E-state index contributed by atoms with van der Waals surface area (Å²) in [5, 5.41) is 8.87. The number of rotatable bonds is 5. The van der Waals surface area contributed by atoms with Gasteiger partial charge < -0.3 is 9.64 Å². The van der Waals surface area contributed by atoms with E-state index in [0.29, 0.717) is 12.2 Å². The molecule has 0 N–H and O–H groups in total. The number of methoxy groups -OCH3 is 1. The van der Waals surface area contributed by atoms with Gasteiger partial charge in [-0.2, -0.15) is 5.26 Å². The van der Waals surface area contributed by atoms with Crippen LogP contribution in [0.4, 0.5) is 0 Å². The first-order valence-electron chi connectivity index (χ1n) is 8.78. The molecule has 0 aliphatic carbocycles. The van der Waals surface area contributed by atoms with Gasteiger partial charge in [0.2, 0.25) is 0 Å². The summed E-state index contributed by atoms with van der Waals surface area (Å²) in [6.07, 6.45) is 0. The first-order valence-corrected chi connectivity index (χ1v) is 8.78. The van der Waals surface area contributed by atoms with E-state index in [1.165, 1.54) is 5.56 Å². The lowest BCUT2D eigenvalue weighted by molar-refractivity contribution is 0.0628. The summed E-state index contributed by atoms with van der Waals surface area (Å²) in [4.78, 5) is 17.0. The Morgan fingerprint density at radius 2 is 1.81 bits per heavy atom. The Morgan fingerprint density at radius 3 is 2.46 bits per heavy atom. The maximum Gasteiger partial charge on any atom is 0.253 e. The van der Waals surface area contributed by atoms with Gasteiger partial charge in [-0.05, 0) is 35.4 Å². The monoisotopic (exact) mass is 349 g/mol. The van der Waals surface area contributed by atoms with E-state index in [-0.39, 0.29) is 5.91 Å². The molecule has 5 nitrogen and oxygen atoms in total. The zero-order chi connectivity index (χ0) is 18.4. The summed E-state index contributed by atoms with van der Waals surface area (Å²) < 4.78 is 5.14. The largest absolute Gasteiger partial charge is 0.380 e. The predicted molar refractivity (Wildman–Crippen MR) is 99.5 cm³/mol. The van der Waals surface area contributed by atoms with Crippen LogP contribution in [0.2, 0.25) is 0 Å². The Kier molecular flexibility index (Phi) is 6.00. The van der Waals surface area contributed by atoms with Crippen molar-refractivity contribution in [2.24, 2.45) is 0 Å². The molecule has 1 saturated heterocycles. The van der Waals surface area contributed by atoms with Crippen molar-refractivity contribution in [3.63, 3.8) is 0 Å². The van der Waals surface area contributed by atoms with Crippen LogP contribution in [-0.4, -0.2) is 49.0 Å². The molecule has 1 aliphatic heterocycles. The van der Waals surface area contributed by atoms with Crippen molar-refractivity contribution in [3.05, 3.63) is 70.8 Å². The molecule has 0 spiro atoms. The number of hydrogen-bond acceptors (Lipinski definition) is 4. The molecule has 1 fully saturated rings. The van der Waals surface area contributed by atoms with E-state index in [0.717, 1.165) is 43.9 Å². The maximum atomic E-state index is 12.7. The van der Waals surface area contributed by atoms with Gasteiger partial charge in [0.05, 0.1) is 18.2 Å². The van der Waals surface area contributed by atoms with Crippen molar-refractivity contribution < 1.29 is 9.53 Å². The van der Waals surface area contributed by atoms with Crippen LogP contribution in [0.15, 0.2) is 48.5 Å². The SMILES string of the molecule is COCc1cccc(C(=O)N2CCN(Cc3ccc(C#N)cc3)CC2)c1. The van der Waals surface area contributed by atoms with E-state index in [9.17, 15) is 4.79 Å². The third-order valence-electron chi connectivity index (χ3n) is 4.63. The van der Waals surface area contributed by atoms with E-state index in [4.69, 9.17) is 10.00 Å². The van der Waals surface area contributed by atoms with Gasteiger partial charge in [0.25, 0.3) is 5.91 Å². The third kappa shape index (κ3) is 4.48. The fourth-order valence-corrected chi connectivity index (χ4v) is 3.20. The maximum absolute atomic E-state index is 12.7. The molecular weight excluding hydrogens is 326 g/mol. The van der Waals surface area contributed by atoms with Crippen molar-refractivity contribution >= 4 is 5.91 Å². The van der Waals surface area contributed by atoms with Gasteiger partial charge in [0.1, 0.15) is 0 Å². The Bertz CT molecular complexity index is 788. The molecule has 26 heavy (non-hydrogen) atoms. The number of amides is 1. The third-order valence-corrected chi connectivity index (χ3v) is 4.63. The number of hydrogen-bond donors (Lipinski definition) is 0. The molecule has 2 aromatic rings. The Morgan fingerprint density at radius 1 is 1.08 bits per heavy atom. The molecule has 3 rings (SSSR count). The predicted octanol–water partition coefficient (Wildman–Crippen LogP) is 2.66. The average Bonchev–Trinajstić information content (AvgIpc) is 2.69. The molecule has 1 amide bonds. The second-order valence-electron chi connectivity index (χ2n) is 6.51. The van der Waals surface area contributed by atoms with E-state index in [1.807, 2.05) is 53.4 Å². The Hall–Kier alpha value is -2.68. The van der Waals surface area contributed by atoms with Crippen LogP contribution in [0, 0.1) is 11.3 Å². The van der Waals surface area contributed by atoms with Crippen LogP contribution in [-0.2, 0) is 17.9 Å². The first-order chi connectivity index (χ1) is 12.7. The van der Waals surface area contributed by atoms with E-state index in [2.05, 4.69) is 11.0 Å². The molecule has 0 unspecified atom stereocenters. The molecule has 2 aromatic carbocycles. The van der Waals surface area contributed by atoms with Crippen LogP contribution in [0.1, 0.15) is 27.0 Å². The normalized spacial score (nSPS) is 14.8. The molecule has 0 radical (unpaired) electrons. The quantitative estimate of drug-likeness (QED) is 0.833. The zero-order valence-electron chi connectivity index (χ0n) is 15.0. The molecule has 1 aliphatic rings. The van der Waals surface area contributed by atoms with E-state index in [1.54, 1.807) is 7.11 Å². The first kappa shape index (κ1) is 18.1. The second-order valence-corrected chi connectivity index (χ2v) is 6.51. The number of nitriles is 1. The van der Waals surface area contributed by atoms with Crippen LogP contribution in [0.5, 0.6) is 0 Å². The minimum atomic E-state index is 0.0842. The summed E-state index contributed by atoms with van der Waals surface area (Å²) in [7, 11) is 1.65.